The molecule has 0 saturated heterocycles. The van der Waals surface area contributed by atoms with E-state index in [1.807, 2.05) is 31.2 Å². The quantitative estimate of drug-likeness (QED) is 0.718. The molecule has 0 atom stereocenters. The third-order valence-corrected chi connectivity index (χ3v) is 4.54. The zero-order valence-corrected chi connectivity index (χ0v) is 17.8. The highest BCUT2D eigenvalue weighted by Crippen LogP contribution is 2.28. The molecular formula is C22H29N3O4. The lowest BCUT2D eigenvalue weighted by molar-refractivity contribution is -0.128. The summed E-state index contributed by atoms with van der Waals surface area (Å²) in [7, 11) is 0. The van der Waals surface area contributed by atoms with Gasteiger partial charge in [0.05, 0.1) is 11.9 Å². The van der Waals surface area contributed by atoms with Crippen LogP contribution in [0.1, 0.15) is 47.1 Å². The summed E-state index contributed by atoms with van der Waals surface area (Å²) < 4.78 is 5.83. The first kappa shape index (κ1) is 22.2. The number of rotatable bonds is 6. The Morgan fingerprint density at radius 1 is 1.10 bits per heavy atom. The molecule has 0 spiro atoms. The number of carbonyl (C=O) groups is 2. The molecule has 156 valence electrons. The van der Waals surface area contributed by atoms with Crippen LogP contribution in [-0.2, 0) is 11.2 Å². The van der Waals surface area contributed by atoms with Crippen molar-refractivity contribution in [2.24, 2.45) is 0 Å². The number of nitrogens with one attached hydrogen (secondary N) is 1. The van der Waals surface area contributed by atoms with E-state index in [4.69, 9.17) is 4.74 Å². The molecule has 0 aliphatic carbocycles. The number of nitrogens with zero attached hydrogens (tertiary/aromatic N) is 2. The van der Waals surface area contributed by atoms with Crippen LogP contribution in [0.15, 0.2) is 42.6 Å². The molecule has 0 aliphatic rings. The van der Waals surface area contributed by atoms with Crippen LogP contribution in [0, 0.1) is 0 Å². The lowest BCUT2D eigenvalue weighted by atomic mass is 9.94. The zero-order chi connectivity index (χ0) is 21.8. The zero-order valence-electron chi connectivity index (χ0n) is 17.8. The van der Waals surface area contributed by atoms with Crippen molar-refractivity contribution in [1.29, 1.82) is 0 Å². The summed E-state index contributed by atoms with van der Waals surface area (Å²) in [5.74, 6) is 0.703. The highest BCUT2D eigenvalue weighted by molar-refractivity contribution is 5.99. The van der Waals surface area contributed by atoms with Crippen LogP contribution in [0.4, 0.5) is 10.5 Å². The van der Waals surface area contributed by atoms with Crippen molar-refractivity contribution >= 4 is 17.7 Å². The first-order chi connectivity index (χ1) is 13.5. The SMILES string of the molecule is CCc1ccccc1Oc1ccc(NC(=O)C(C)(C)N(C(=O)O)C(C)(C)C)cn1. The number of amides is 2. The number of hydrogen-bond acceptors (Lipinski definition) is 4. The number of hydrogen-bond donors (Lipinski definition) is 2. The maximum absolute atomic E-state index is 12.8. The highest BCUT2D eigenvalue weighted by atomic mass is 16.5. The van der Waals surface area contributed by atoms with Crippen molar-refractivity contribution in [3.8, 4) is 11.6 Å². The van der Waals surface area contributed by atoms with E-state index in [1.54, 1.807) is 46.8 Å². The van der Waals surface area contributed by atoms with Crippen LogP contribution in [0.5, 0.6) is 11.6 Å². The van der Waals surface area contributed by atoms with E-state index in [2.05, 4.69) is 10.3 Å². The fourth-order valence-electron chi connectivity index (χ4n) is 3.27. The Balaban J connectivity index is 2.14. The second kappa shape index (κ2) is 8.51. The van der Waals surface area contributed by atoms with Crippen molar-refractivity contribution in [3.05, 3.63) is 48.2 Å². The van der Waals surface area contributed by atoms with Crippen LogP contribution in [0.3, 0.4) is 0 Å². The highest BCUT2D eigenvalue weighted by Gasteiger charge is 2.44. The molecule has 1 heterocycles. The molecule has 0 radical (unpaired) electrons. The molecule has 0 bridgehead atoms. The van der Waals surface area contributed by atoms with E-state index in [9.17, 15) is 14.7 Å². The predicted molar refractivity (Wildman–Crippen MR) is 112 cm³/mol. The monoisotopic (exact) mass is 399 g/mol. The number of aryl methyl sites for hydroxylation is 1. The first-order valence-electron chi connectivity index (χ1n) is 9.53. The van der Waals surface area contributed by atoms with Gasteiger partial charge in [-0.2, -0.15) is 0 Å². The number of carbonyl (C=O) groups excluding carboxylic acids is 1. The molecule has 0 aliphatic heterocycles. The average Bonchev–Trinajstić information content (AvgIpc) is 2.61. The van der Waals surface area contributed by atoms with Crippen LogP contribution in [0.25, 0.3) is 0 Å². The van der Waals surface area contributed by atoms with Gasteiger partial charge in [0.25, 0.3) is 0 Å². The van der Waals surface area contributed by atoms with Crippen molar-refractivity contribution < 1.29 is 19.4 Å². The van der Waals surface area contributed by atoms with Crippen molar-refractivity contribution in [3.63, 3.8) is 0 Å². The van der Waals surface area contributed by atoms with Crippen LogP contribution in [0.2, 0.25) is 0 Å². The van der Waals surface area contributed by atoms with Gasteiger partial charge >= 0.3 is 6.09 Å². The van der Waals surface area contributed by atoms with E-state index >= 15 is 0 Å². The fraction of sp³-hybridized carbons (Fsp3) is 0.409. The van der Waals surface area contributed by atoms with Crippen LogP contribution in [-0.4, -0.2) is 38.1 Å². The Morgan fingerprint density at radius 3 is 2.28 bits per heavy atom. The molecule has 1 aromatic heterocycles. The van der Waals surface area contributed by atoms with E-state index < -0.39 is 23.1 Å². The van der Waals surface area contributed by atoms with Gasteiger partial charge in [-0.3, -0.25) is 9.69 Å². The molecule has 1 aromatic carbocycles. The number of aromatic nitrogens is 1. The van der Waals surface area contributed by atoms with Gasteiger partial charge in [-0.05, 0) is 58.7 Å². The summed E-state index contributed by atoms with van der Waals surface area (Å²) in [6.07, 6.45) is 1.17. The minimum atomic E-state index is -1.28. The van der Waals surface area contributed by atoms with E-state index in [0.29, 0.717) is 11.6 Å². The lowest BCUT2D eigenvalue weighted by Gasteiger charge is -2.43. The minimum Gasteiger partial charge on any atom is -0.465 e. The molecule has 7 heteroatoms. The van der Waals surface area contributed by atoms with Gasteiger partial charge < -0.3 is 15.2 Å². The number of ether oxygens (including phenoxy) is 1. The Hall–Kier alpha value is -3.09. The fourth-order valence-corrected chi connectivity index (χ4v) is 3.27. The van der Waals surface area contributed by atoms with Crippen LogP contribution >= 0.6 is 0 Å². The van der Waals surface area contributed by atoms with E-state index in [0.717, 1.165) is 22.6 Å². The smallest absolute Gasteiger partial charge is 0.408 e. The van der Waals surface area contributed by atoms with Crippen molar-refractivity contribution in [2.45, 2.75) is 59.0 Å². The second-order valence-corrected chi connectivity index (χ2v) is 8.25. The van der Waals surface area contributed by atoms with Crippen molar-refractivity contribution in [2.75, 3.05) is 5.32 Å². The molecule has 2 aromatic rings. The number of anilines is 1. The number of para-hydroxylation sites is 1. The first-order valence-corrected chi connectivity index (χ1v) is 9.53. The molecular weight excluding hydrogens is 370 g/mol. The third-order valence-electron chi connectivity index (χ3n) is 4.54. The summed E-state index contributed by atoms with van der Waals surface area (Å²) in [5, 5.41) is 12.3. The van der Waals surface area contributed by atoms with Gasteiger partial charge in [-0.1, -0.05) is 25.1 Å². The largest absolute Gasteiger partial charge is 0.465 e. The number of pyridine rings is 1. The van der Waals surface area contributed by atoms with E-state index in [-0.39, 0.29) is 0 Å². The predicted octanol–water partition coefficient (Wildman–Crippen LogP) is 4.93. The second-order valence-electron chi connectivity index (χ2n) is 8.25. The topological polar surface area (TPSA) is 91.8 Å². The maximum atomic E-state index is 12.8. The Bertz CT molecular complexity index is 870. The van der Waals surface area contributed by atoms with Crippen molar-refractivity contribution in [1.82, 2.24) is 9.88 Å². The Labute approximate surface area is 171 Å². The minimum absolute atomic E-state index is 0.407. The molecule has 7 nitrogen and oxygen atoms in total. The van der Waals surface area contributed by atoms with Gasteiger partial charge in [0.1, 0.15) is 11.3 Å². The summed E-state index contributed by atoms with van der Waals surface area (Å²) in [4.78, 5) is 29.9. The Kier molecular flexibility index (Phi) is 6.51. The molecule has 29 heavy (non-hydrogen) atoms. The third kappa shape index (κ3) is 5.25. The van der Waals surface area contributed by atoms with Crippen LogP contribution < -0.4 is 10.1 Å². The maximum Gasteiger partial charge on any atom is 0.408 e. The van der Waals surface area contributed by atoms with Gasteiger partial charge in [0.15, 0.2) is 0 Å². The summed E-state index contributed by atoms with van der Waals surface area (Å²) >= 11 is 0. The molecule has 2 rings (SSSR count). The number of carboxylic acid groups (broad SMARTS) is 1. The lowest BCUT2D eigenvalue weighted by Crippen LogP contribution is -2.61. The standard InChI is InChI=1S/C22H29N3O4/c1-7-15-10-8-9-11-17(15)29-18-13-12-16(14-23-18)24-19(26)22(5,6)25(20(27)28)21(2,3)4/h8-14H,7H2,1-6H3,(H,24,26)(H,27,28). The summed E-state index contributed by atoms with van der Waals surface area (Å²) in [5.41, 5.74) is -0.489. The van der Waals surface area contributed by atoms with Gasteiger partial charge in [0, 0.05) is 11.6 Å². The molecule has 2 amide bonds. The molecule has 2 N–H and O–H groups in total. The molecule has 0 unspecified atom stereocenters. The Morgan fingerprint density at radius 2 is 1.76 bits per heavy atom. The van der Waals surface area contributed by atoms with Gasteiger partial charge in [0.2, 0.25) is 11.8 Å². The van der Waals surface area contributed by atoms with E-state index in [1.165, 1.54) is 6.20 Å². The summed E-state index contributed by atoms with van der Waals surface area (Å²) in [6.45, 7) is 10.4. The van der Waals surface area contributed by atoms with Gasteiger partial charge in [-0.25, -0.2) is 9.78 Å². The molecule has 0 fully saturated rings. The van der Waals surface area contributed by atoms with Gasteiger partial charge in [-0.15, -0.1) is 0 Å². The summed E-state index contributed by atoms with van der Waals surface area (Å²) in [6, 6.07) is 11.1. The average molecular weight is 399 g/mol. The molecule has 0 saturated carbocycles. The number of benzene rings is 1. The normalized spacial score (nSPS) is 11.7.